The molecular weight excluding hydrogens is 392 g/mol. The van der Waals surface area contributed by atoms with Gasteiger partial charge in [-0.05, 0) is 30.5 Å². The predicted octanol–water partition coefficient (Wildman–Crippen LogP) is 0.158. The second-order valence-electron chi connectivity index (χ2n) is 6.28. The van der Waals surface area contributed by atoms with Gasteiger partial charge in [-0.1, -0.05) is 12.1 Å². The summed E-state index contributed by atoms with van der Waals surface area (Å²) in [5.74, 6) is 0. The van der Waals surface area contributed by atoms with E-state index < -0.39 is 25.4 Å². The van der Waals surface area contributed by atoms with Crippen LogP contribution in [0.15, 0.2) is 35.7 Å². The van der Waals surface area contributed by atoms with E-state index in [1.54, 1.807) is 24.3 Å². The number of aromatic nitrogens is 3. The summed E-state index contributed by atoms with van der Waals surface area (Å²) in [5.41, 5.74) is 1.09. The van der Waals surface area contributed by atoms with Crippen LogP contribution in [0.2, 0.25) is 0 Å². The molecule has 10 nitrogen and oxygen atoms in total. The molecule has 1 aromatic carbocycles. The first kappa shape index (κ1) is 19.4. The van der Waals surface area contributed by atoms with E-state index in [9.17, 15) is 16.8 Å². The van der Waals surface area contributed by atoms with Gasteiger partial charge in [-0.3, -0.25) is 0 Å². The van der Waals surface area contributed by atoms with Gasteiger partial charge in [-0.25, -0.2) is 13.4 Å². The number of nitrogens with zero attached hydrogens (tertiary/aromatic N) is 6. The summed E-state index contributed by atoms with van der Waals surface area (Å²) in [6.07, 6.45) is 2.27. The Kier molecular flexibility index (Phi) is 5.04. The number of nitriles is 1. The molecular formula is C15H18N6O4S2. The van der Waals surface area contributed by atoms with Crippen LogP contribution in [0.1, 0.15) is 24.0 Å². The molecule has 0 aliphatic heterocycles. The monoisotopic (exact) mass is 410 g/mol. The first-order chi connectivity index (χ1) is 12.7. The maximum absolute atomic E-state index is 13.0. The van der Waals surface area contributed by atoms with Crippen LogP contribution >= 0.6 is 0 Å². The molecule has 0 amide bonds. The van der Waals surface area contributed by atoms with Gasteiger partial charge in [-0.2, -0.15) is 22.3 Å². The summed E-state index contributed by atoms with van der Waals surface area (Å²) in [6.45, 7) is 0.0531. The van der Waals surface area contributed by atoms with Gasteiger partial charge >= 0.3 is 10.2 Å². The third-order valence-corrected chi connectivity index (χ3v) is 7.30. The van der Waals surface area contributed by atoms with Crippen molar-refractivity contribution in [1.82, 2.24) is 22.8 Å². The predicted molar refractivity (Wildman–Crippen MR) is 94.9 cm³/mol. The van der Waals surface area contributed by atoms with Gasteiger partial charge in [-0.15, -0.1) is 9.19 Å². The average molecular weight is 410 g/mol. The lowest BCUT2D eigenvalue weighted by Crippen LogP contribution is -2.34. The minimum atomic E-state index is -4.10. The molecule has 1 aliphatic carbocycles. The highest BCUT2D eigenvalue weighted by Crippen LogP contribution is 2.32. The highest BCUT2D eigenvalue weighted by molar-refractivity contribution is 7.89. The second kappa shape index (κ2) is 7.01. The van der Waals surface area contributed by atoms with Gasteiger partial charge < -0.3 is 0 Å². The number of hydrogen-bond acceptors (Lipinski definition) is 7. The fraction of sp³-hybridized carbons (Fsp3) is 0.400. The SMILES string of the molecule is CN(C)S(=O)(=O)n1cnc(S(=O)(=O)N(Cc2cccc(C#N)c2)C2CC2)n1. The van der Waals surface area contributed by atoms with Crippen LogP contribution in [-0.2, 0) is 26.8 Å². The van der Waals surface area contributed by atoms with E-state index in [0.29, 0.717) is 28.1 Å². The topological polar surface area (TPSA) is 129 Å². The Morgan fingerprint density at radius 1 is 1.26 bits per heavy atom. The van der Waals surface area contributed by atoms with Crippen LogP contribution in [0, 0.1) is 11.3 Å². The van der Waals surface area contributed by atoms with E-state index in [-0.39, 0.29) is 12.6 Å². The van der Waals surface area contributed by atoms with Crippen molar-refractivity contribution in [2.75, 3.05) is 14.1 Å². The van der Waals surface area contributed by atoms with Crippen molar-refractivity contribution in [2.24, 2.45) is 0 Å². The quantitative estimate of drug-likeness (QED) is 0.635. The van der Waals surface area contributed by atoms with Crippen LogP contribution in [0.4, 0.5) is 0 Å². The molecule has 3 rings (SSSR count). The Morgan fingerprint density at radius 3 is 2.56 bits per heavy atom. The molecule has 2 aromatic rings. The Balaban J connectivity index is 1.94. The lowest BCUT2D eigenvalue weighted by molar-refractivity contribution is 0.394. The summed E-state index contributed by atoms with van der Waals surface area (Å²) < 4.78 is 52.9. The van der Waals surface area contributed by atoms with E-state index >= 15 is 0 Å². The largest absolute Gasteiger partial charge is 0.323 e. The highest BCUT2D eigenvalue weighted by atomic mass is 32.2. The maximum Gasteiger partial charge on any atom is 0.323 e. The average Bonchev–Trinajstić information content (AvgIpc) is 3.32. The molecule has 0 atom stereocenters. The van der Waals surface area contributed by atoms with Crippen molar-refractivity contribution in [1.29, 1.82) is 5.26 Å². The molecule has 0 bridgehead atoms. The highest BCUT2D eigenvalue weighted by Gasteiger charge is 2.40. The fourth-order valence-electron chi connectivity index (χ4n) is 2.43. The molecule has 1 fully saturated rings. The van der Waals surface area contributed by atoms with Gasteiger partial charge in [0, 0.05) is 26.7 Å². The molecule has 0 saturated heterocycles. The molecule has 0 radical (unpaired) electrons. The summed E-state index contributed by atoms with van der Waals surface area (Å²) in [6, 6.07) is 8.49. The zero-order valence-electron chi connectivity index (χ0n) is 14.7. The number of benzene rings is 1. The van der Waals surface area contributed by atoms with Gasteiger partial charge in [0.1, 0.15) is 6.33 Å². The Bertz CT molecular complexity index is 1100. The zero-order valence-corrected chi connectivity index (χ0v) is 16.4. The molecule has 12 heteroatoms. The number of sulfonamides is 1. The van der Waals surface area contributed by atoms with Gasteiger partial charge in [0.2, 0.25) is 0 Å². The molecule has 0 spiro atoms. The van der Waals surface area contributed by atoms with Crippen molar-refractivity contribution < 1.29 is 16.8 Å². The number of hydrogen-bond donors (Lipinski definition) is 0. The molecule has 0 unspecified atom stereocenters. The fourth-order valence-corrected chi connectivity index (χ4v) is 4.67. The summed E-state index contributed by atoms with van der Waals surface area (Å²) in [5, 5.41) is 12.1. The lowest BCUT2D eigenvalue weighted by Gasteiger charge is -2.20. The van der Waals surface area contributed by atoms with E-state index in [4.69, 9.17) is 5.26 Å². The molecule has 144 valence electrons. The summed E-state index contributed by atoms with van der Waals surface area (Å²) >= 11 is 0. The maximum atomic E-state index is 13.0. The molecule has 1 aliphatic rings. The summed E-state index contributed by atoms with van der Waals surface area (Å²) in [4.78, 5) is 3.71. The van der Waals surface area contributed by atoms with Crippen LogP contribution < -0.4 is 0 Å². The van der Waals surface area contributed by atoms with Gasteiger partial charge in [0.25, 0.3) is 15.2 Å². The van der Waals surface area contributed by atoms with E-state index in [2.05, 4.69) is 10.1 Å². The van der Waals surface area contributed by atoms with Crippen molar-refractivity contribution in [2.45, 2.75) is 30.6 Å². The summed E-state index contributed by atoms with van der Waals surface area (Å²) in [7, 11) is -5.43. The Labute approximate surface area is 157 Å². The first-order valence-corrected chi connectivity index (χ1v) is 10.9. The molecule has 27 heavy (non-hydrogen) atoms. The van der Waals surface area contributed by atoms with E-state index in [1.165, 1.54) is 18.4 Å². The Morgan fingerprint density at radius 2 is 1.96 bits per heavy atom. The molecule has 0 N–H and O–H groups in total. The van der Waals surface area contributed by atoms with Crippen molar-refractivity contribution >= 4 is 20.2 Å². The van der Waals surface area contributed by atoms with Crippen molar-refractivity contribution in [3.05, 3.63) is 41.7 Å². The minimum Gasteiger partial charge on any atom is -0.203 e. The third-order valence-electron chi connectivity index (χ3n) is 4.04. The standard InChI is InChI=1S/C15H18N6O4S2/c1-19(2)27(24,25)21-11-17-15(18-21)26(22,23)20(14-6-7-14)10-13-5-3-4-12(8-13)9-16/h3-5,8,11,14H,6-7,10H2,1-2H3. The molecule has 1 saturated carbocycles. The van der Waals surface area contributed by atoms with E-state index in [1.807, 2.05) is 6.07 Å². The van der Waals surface area contributed by atoms with Crippen LogP contribution in [0.5, 0.6) is 0 Å². The van der Waals surface area contributed by atoms with E-state index in [0.717, 1.165) is 10.6 Å². The zero-order chi connectivity index (χ0) is 19.8. The molecule has 1 aromatic heterocycles. The molecule has 1 heterocycles. The van der Waals surface area contributed by atoms with Crippen LogP contribution in [0.3, 0.4) is 0 Å². The van der Waals surface area contributed by atoms with Crippen LogP contribution in [0.25, 0.3) is 0 Å². The Hall–Kier alpha value is -2.33. The third kappa shape index (κ3) is 3.86. The minimum absolute atomic E-state index is 0.0531. The van der Waals surface area contributed by atoms with Crippen molar-refractivity contribution in [3.8, 4) is 6.07 Å². The normalized spacial score (nSPS) is 15.2. The van der Waals surface area contributed by atoms with Crippen molar-refractivity contribution in [3.63, 3.8) is 0 Å². The van der Waals surface area contributed by atoms with Gasteiger partial charge in [0.05, 0.1) is 11.6 Å². The first-order valence-electron chi connectivity index (χ1n) is 8.02. The smallest absolute Gasteiger partial charge is 0.203 e. The lowest BCUT2D eigenvalue weighted by atomic mass is 10.1. The second-order valence-corrected chi connectivity index (χ2v) is 10.1. The van der Waals surface area contributed by atoms with Gasteiger partial charge in [0.15, 0.2) is 0 Å². The number of rotatable bonds is 7. The van der Waals surface area contributed by atoms with Crippen LogP contribution in [-0.4, -0.2) is 59.8 Å².